The van der Waals surface area contributed by atoms with Crippen LogP contribution in [0.5, 0.6) is 5.75 Å². The number of nitrogens with one attached hydrogen (secondary N) is 1. The van der Waals surface area contributed by atoms with Crippen LogP contribution >= 0.6 is 0 Å². The van der Waals surface area contributed by atoms with Crippen LogP contribution in [0, 0.1) is 5.82 Å². The summed E-state index contributed by atoms with van der Waals surface area (Å²) in [6.45, 7) is 3.95. The number of nitrogens with zero attached hydrogens (tertiary/aromatic N) is 4. The van der Waals surface area contributed by atoms with Gasteiger partial charge in [0.25, 0.3) is 0 Å². The zero-order valence-corrected chi connectivity index (χ0v) is 15.8. The maximum atomic E-state index is 15.1. The molecule has 0 spiro atoms. The molecule has 0 saturated heterocycles. The van der Waals surface area contributed by atoms with Crippen molar-refractivity contribution in [1.82, 2.24) is 24.1 Å². The van der Waals surface area contributed by atoms with Gasteiger partial charge in [-0.05, 0) is 32.8 Å². The van der Waals surface area contributed by atoms with Gasteiger partial charge in [0.15, 0.2) is 22.7 Å². The van der Waals surface area contributed by atoms with E-state index >= 15 is 4.39 Å². The zero-order valence-electron chi connectivity index (χ0n) is 15.8. The lowest BCUT2D eigenvalue weighted by Gasteiger charge is -2.22. The van der Waals surface area contributed by atoms with Crippen LogP contribution in [0.2, 0.25) is 0 Å². The lowest BCUT2D eigenvalue weighted by atomic mass is 10.1. The van der Waals surface area contributed by atoms with E-state index in [0.717, 1.165) is 23.5 Å². The van der Waals surface area contributed by atoms with Gasteiger partial charge < -0.3 is 9.30 Å². The molecule has 0 saturated carbocycles. The topological polar surface area (TPSA) is 94.8 Å². The number of pyridine rings is 3. The summed E-state index contributed by atoms with van der Waals surface area (Å²) in [5.41, 5.74) is 0.0170. The third-order valence-corrected chi connectivity index (χ3v) is 5.38. The predicted octanol–water partition coefficient (Wildman–Crippen LogP) is 2.68. The van der Waals surface area contributed by atoms with E-state index in [-0.39, 0.29) is 34.4 Å². The highest BCUT2D eigenvalue weighted by molar-refractivity contribution is 5.81. The van der Waals surface area contributed by atoms with Gasteiger partial charge >= 0.3 is 5.69 Å². The lowest BCUT2D eigenvalue weighted by Crippen LogP contribution is -2.22. The fraction of sp³-hybridized carbons (Fsp3) is 0.300. The number of halogens is 1. The molecule has 5 heterocycles. The van der Waals surface area contributed by atoms with E-state index in [1.54, 1.807) is 12.3 Å². The molecule has 148 valence electrons. The standard InChI is InChI=1S/C20H18FN5O3/c1-10-3-4-11(2)29-15-5-7-22-17-16(15)26(20(28)23-17)19-13(21)9-12-14(27)6-8-25(10)18(12)24-19/h5-11H,3-4H2,1-2H3,(H,22,23,28)/t10-,11+/m0/s1. The van der Waals surface area contributed by atoms with Gasteiger partial charge in [0.1, 0.15) is 16.9 Å². The minimum absolute atomic E-state index is 0.00531. The molecule has 4 aromatic rings. The van der Waals surface area contributed by atoms with E-state index in [1.807, 2.05) is 18.4 Å². The Labute approximate surface area is 163 Å². The Kier molecular flexibility index (Phi) is 3.80. The van der Waals surface area contributed by atoms with Gasteiger partial charge in [0, 0.05) is 30.6 Å². The molecule has 2 bridgehead atoms. The first-order valence-electron chi connectivity index (χ1n) is 9.42. The Balaban J connectivity index is 1.95. The van der Waals surface area contributed by atoms with Crippen molar-refractivity contribution < 1.29 is 9.13 Å². The highest BCUT2D eigenvalue weighted by Crippen LogP contribution is 2.29. The summed E-state index contributed by atoms with van der Waals surface area (Å²) < 4.78 is 24.1. The van der Waals surface area contributed by atoms with Crippen molar-refractivity contribution in [1.29, 1.82) is 0 Å². The molecule has 0 fully saturated rings. The molecule has 0 aromatic carbocycles. The molecule has 0 amide bonds. The summed E-state index contributed by atoms with van der Waals surface area (Å²) in [6, 6.07) is 4.19. The minimum Gasteiger partial charge on any atom is -0.488 e. The third kappa shape index (κ3) is 2.65. The van der Waals surface area contributed by atoms with E-state index in [2.05, 4.69) is 15.0 Å². The summed E-state index contributed by atoms with van der Waals surface area (Å²) in [4.78, 5) is 36.3. The van der Waals surface area contributed by atoms with E-state index in [4.69, 9.17) is 4.74 Å². The Morgan fingerprint density at radius 3 is 2.90 bits per heavy atom. The molecule has 29 heavy (non-hydrogen) atoms. The second kappa shape index (κ2) is 6.26. The van der Waals surface area contributed by atoms with Crippen molar-refractivity contribution >= 4 is 22.2 Å². The number of ether oxygens (including phenoxy) is 1. The summed E-state index contributed by atoms with van der Waals surface area (Å²) in [6.07, 6.45) is 4.54. The number of H-pyrrole nitrogens is 1. The van der Waals surface area contributed by atoms with Crippen molar-refractivity contribution in [3.05, 3.63) is 57.1 Å². The predicted molar refractivity (Wildman–Crippen MR) is 105 cm³/mol. The van der Waals surface area contributed by atoms with E-state index in [0.29, 0.717) is 16.9 Å². The van der Waals surface area contributed by atoms with Crippen LogP contribution < -0.4 is 15.9 Å². The monoisotopic (exact) mass is 395 g/mol. The molecule has 0 unspecified atom stereocenters. The fourth-order valence-corrected chi connectivity index (χ4v) is 3.86. The number of aromatic amines is 1. The highest BCUT2D eigenvalue weighted by Gasteiger charge is 2.23. The van der Waals surface area contributed by atoms with Gasteiger partial charge in [-0.25, -0.2) is 23.7 Å². The van der Waals surface area contributed by atoms with Crippen LogP contribution in [0.3, 0.4) is 0 Å². The van der Waals surface area contributed by atoms with Crippen LogP contribution in [0.1, 0.15) is 32.7 Å². The second-order valence-corrected chi connectivity index (χ2v) is 7.38. The van der Waals surface area contributed by atoms with Gasteiger partial charge in [0.2, 0.25) is 0 Å². The Hall–Kier alpha value is -3.49. The van der Waals surface area contributed by atoms with Crippen molar-refractivity contribution in [2.45, 2.75) is 38.8 Å². The molecule has 2 atom stereocenters. The quantitative estimate of drug-likeness (QED) is 0.494. The van der Waals surface area contributed by atoms with Gasteiger partial charge in [-0.2, -0.15) is 0 Å². The van der Waals surface area contributed by atoms with E-state index in [9.17, 15) is 9.59 Å². The minimum atomic E-state index is -0.775. The summed E-state index contributed by atoms with van der Waals surface area (Å²) in [5, 5.41) is 0.174. The number of hydrogen-bond donors (Lipinski definition) is 1. The largest absolute Gasteiger partial charge is 0.488 e. The molecular formula is C20H18FN5O3. The molecule has 8 nitrogen and oxygen atoms in total. The SMILES string of the molecule is C[C@@H]1CC[C@H](C)n2ccc(=O)c3cc(F)c(nc32)-n2c(=O)[nH]c3nccc(c32)O1. The van der Waals surface area contributed by atoms with Gasteiger partial charge in [-0.3, -0.25) is 9.78 Å². The van der Waals surface area contributed by atoms with Crippen LogP contribution in [-0.2, 0) is 0 Å². The molecule has 0 aliphatic carbocycles. The van der Waals surface area contributed by atoms with Crippen LogP contribution in [0.15, 0.2) is 40.2 Å². The first-order valence-corrected chi connectivity index (χ1v) is 9.42. The smallest absolute Gasteiger partial charge is 0.333 e. The second-order valence-electron chi connectivity index (χ2n) is 7.38. The van der Waals surface area contributed by atoms with Crippen molar-refractivity contribution in [2.24, 2.45) is 0 Å². The molecule has 0 radical (unpaired) electrons. The Morgan fingerprint density at radius 2 is 2.07 bits per heavy atom. The van der Waals surface area contributed by atoms with Gasteiger partial charge in [0.05, 0.1) is 11.5 Å². The van der Waals surface area contributed by atoms with Gasteiger partial charge in [-0.1, -0.05) is 0 Å². The molecule has 1 aliphatic heterocycles. The maximum absolute atomic E-state index is 15.1. The van der Waals surface area contributed by atoms with Crippen molar-refractivity contribution in [3.8, 4) is 11.6 Å². The van der Waals surface area contributed by atoms with E-state index < -0.39 is 11.5 Å². The lowest BCUT2D eigenvalue weighted by molar-refractivity contribution is 0.202. The highest BCUT2D eigenvalue weighted by atomic mass is 19.1. The van der Waals surface area contributed by atoms with Crippen molar-refractivity contribution in [3.63, 3.8) is 0 Å². The number of fused-ring (bicyclic) bond motifs is 2. The van der Waals surface area contributed by atoms with Crippen LogP contribution in [0.25, 0.3) is 28.0 Å². The van der Waals surface area contributed by atoms with Crippen LogP contribution in [0.4, 0.5) is 4.39 Å². The number of imidazole rings is 1. The Morgan fingerprint density at radius 1 is 1.24 bits per heavy atom. The van der Waals surface area contributed by atoms with Crippen molar-refractivity contribution in [2.75, 3.05) is 0 Å². The molecular weight excluding hydrogens is 377 g/mol. The normalized spacial score (nSPS) is 19.1. The maximum Gasteiger partial charge on any atom is 0.333 e. The average molecular weight is 395 g/mol. The first kappa shape index (κ1) is 17.6. The number of hydrogen-bond acceptors (Lipinski definition) is 5. The zero-order chi connectivity index (χ0) is 20.3. The van der Waals surface area contributed by atoms with Gasteiger partial charge in [-0.15, -0.1) is 0 Å². The Bertz CT molecular complexity index is 1390. The molecule has 5 rings (SSSR count). The fourth-order valence-electron chi connectivity index (χ4n) is 3.86. The average Bonchev–Trinajstić information content (AvgIpc) is 3.02. The number of rotatable bonds is 0. The summed E-state index contributed by atoms with van der Waals surface area (Å²) in [7, 11) is 0. The summed E-state index contributed by atoms with van der Waals surface area (Å²) >= 11 is 0. The van der Waals surface area contributed by atoms with Crippen LogP contribution in [-0.4, -0.2) is 30.2 Å². The first-order chi connectivity index (χ1) is 13.9. The molecule has 1 aliphatic rings. The summed E-state index contributed by atoms with van der Waals surface area (Å²) in [5.74, 6) is -0.560. The third-order valence-electron chi connectivity index (χ3n) is 5.38. The molecule has 1 N–H and O–H groups in total. The van der Waals surface area contributed by atoms with E-state index in [1.165, 1.54) is 12.3 Å². The number of aromatic nitrogens is 5. The molecule has 4 aromatic heterocycles. The molecule has 9 heteroatoms.